The van der Waals surface area contributed by atoms with Crippen molar-refractivity contribution in [3.63, 3.8) is 0 Å². The molecule has 1 saturated heterocycles. The van der Waals surface area contributed by atoms with Crippen LogP contribution >= 0.6 is 11.6 Å². The fourth-order valence-electron chi connectivity index (χ4n) is 3.32. The predicted octanol–water partition coefficient (Wildman–Crippen LogP) is 5.83. The van der Waals surface area contributed by atoms with Crippen LogP contribution in [0.25, 0.3) is 0 Å². The third-order valence-electron chi connectivity index (χ3n) is 4.73. The second-order valence-electron chi connectivity index (χ2n) is 6.93. The number of anilines is 2. The molecule has 9 heteroatoms. The summed E-state index contributed by atoms with van der Waals surface area (Å²) in [4.78, 5) is 18.8. The third kappa shape index (κ3) is 5.15. The molecule has 3 aromatic rings. The maximum atomic E-state index is 13.4. The molecule has 0 N–H and O–H groups in total. The maximum Gasteiger partial charge on any atom is 0.387 e. The van der Waals surface area contributed by atoms with Gasteiger partial charge in [0.15, 0.2) is 17.8 Å². The highest BCUT2D eigenvalue weighted by molar-refractivity contribution is 6.31. The number of alkyl halides is 2. The molecule has 166 valence electrons. The molecule has 4 rings (SSSR count). The smallest absolute Gasteiger partial charge is 0.387 e. The van der Waals surface area contributed by atoms with Crippen LogP contribution in [0.4, 0.5) is 20.2 Å². The fraction of sp³-hybridized carbons (Fsp3) is 0.217. The summed E-state index contributed by atoms with van der Waals surface area (Å²) >= 11 is 6.16. The van der Waals surface area contributed by atoms with E-state index in [2.05, 4.69) is 9.72 Å². The molecule has 2 aromatic carbocycles. The van der Waals surface area contributed by atoms with Crippen LogP contribution in [0.5, 0.6) is 11.5 Å². The van der Waals surface area contributed by atoms with Crippen molar-refractivity contribution >= 4 is 28.9 Å². The van der Waals surface area contributed by atoms with Gasteiger partial charge in [0.1, 0.15) is 0 Å². The number of pyridine rings is 1. The molecule has 1 aromatic heterocycles. The molecule has 1 aliphatic rings. The van der Waals surface area contributed by atoms with Gasteiger partial charge in [0.2, 0.25) is 0 Å². The first-order chi connectivity index (χ1) is 15.5. The summed E-state index contributed by atoms with van der Waals surface area (Å²) in [6, 6.07) is 14.3. The molecule has 0 unspecified atom stereocenters. The number of carbonyl (C=O) groups excluding carboxylic acids is 1. The van der Waals surface area contributed by atoms with Crippen LogP contribution in [-0.4, -0.2) is 30.4 Å². The molecule has 1 aliphatic heterocycles. The monoisotopic (exact) mass is 460 g/mol. The normalized spacial score (nSPS) is 15.6. The zero-order chi connectivity index (χ0) is 22.5. The van der Waals surface area contributed by atoms with Crippen LogP contribution in [0.2, 0.25) is 5.02 Å². The standard InChI is InChI=1S/C23H19ClF2N2O4/c24-16-5-1-6-17(12-16)28(22(29)15-4-2-10-27-14-15)18-8-9-19(32-23(25)26)20(13-18)31-21-7-3-11-30-21/h1-2,4-6,8-10,12-14,21,23H,3,7,11H2/t21-/m1/s1. The topological polar surface area (TPSA) is 60.9 Å². The number of halogens is 3. The minimum Gasteiger partial charge on any atom is -0.461 e. The summed E-state index contributed by atoms with van der Waals surface area (Å²) in [5.74, 6) is -0.495. The van der Waals surface area contributed by atoms with Crippen molar-refractivity contribution in [1.82, 2.24) is 4.98 Å². The van der Waals surface area contributed by atoms with Crippen LogP contribution in [0, 0.1) is 0 Å². The van der Waals surface area contributed by atoms with Gasteiger partial charge in [-0.15, -0.1) is 0 Å². The molecule has 0 spiro atoms. The molecule has 1 atom stereocenters. The Bertz CT molecular complexity index is 1080. The van der Waals surface area contributed by atoms with Gasteiger partial charge in [-0.3, -0.25) is 14.7 Å². The lowest BCUT2D eigenvalue weighted by molar-refractivity contribution is -0.0632. The van der Waals surface area contributed by atoms with E-state index in [1.54, 1.807) is 42.6 Å². The summed E-state index contributed by atoms with van der Waals surface area (Å²) in [7, 11) is 0. The number of hydrogen-bond acceptors (Lipinski definition) is 5. The number of hydrogen-bond donors (Lipinski definition) is 0. The Hall–Kier alpha value is -3.23. The first kappa shape index (κ1) is 22.0. The fourth-order valence-corrected chi connectivity index (χ4v) is 3.51. The summed E-state index contributed by atoms with van der Waals surface area (Å²) in [6.07, 6.45) is 3.83. The van der Waals surface area contributed by atoms with Crippen molar-refractivity contribution in [3.8, 4) is 11.5 Å². The van der Waals surface area contributed by atoms with Crippen LogP contribution in [0.3, 0.4) is 0 Å². The van der Waals surface area contributed by atoms with E-state index in [9.17, 15) is 13.6 Å². The molecular weight excluding hydrogens is 442 g/mol. The molecule has 0 bridgehead atoms. The van der Waals surface area contributed by atoms with E-state index in [4.69, 9.17) is 21.1 Å². The number of carbonyl (C=O) groups is 1. The number of aromatic nitrogens is 1. The molecule has 0 aliphatic carbocycles. The van der Waals surface area contributed by atoms with Crippen molar-refractivity contribution in [3.05, 3.63) is 77.6 Å². The maximum absolute atomic E-state index is 13.4. The van der Waals surface area contributed by atoms with Gasteiger partial charge in [0, 0.05) is 29.9 Å². The van der Waals surface area contributed by atoms with Gasteiger partial charge in [-0.05, 0) is 48.9 Å². The Morgan fingerprint density at radius 3 is 2.66 bits per heavy atom. The second-order valence-corrected chi connectivity index (χ2v) is 7.37. The first-order valence-electron chi connectivity index (χ1n) is 9.88. The van der Waals surface area contributed by atoms with Gasteiger partial charge in [-0.1, -0.05) is 17.7 Å². The zero-order valence-electron chi connectivity index (χ0n) is 16.8. The van der Waals surface area contributed by atoms with Crippen LogP contribution in [0.1, 0.15) is 23.2 Å². The van der Waals surface area contributed by atoms with Gasteiger partial charge in [-0.2, -0.15) is 8.78 Å². The van der Waals surface area contributed by atoms with Gasteiger partial charge in [0.25, 0.3) is 5.91 Å². The Labute approximate surface area is 188 Å². The molecular formula is C23H19ClF2N2O4. The number of nitrogens with zero attached hydrogens (tertiary/aromatic N) is 2. The second kappa shape index (κ2) is 9.93. The van der Waals surface area contributed by atoms with Crippen molar-refractivity contribution in [2.24, 2.45) is 0 Å². The van der Waals surface area contributed by atoms with Gasteiger partial charge < -0.3 is 14.2 Å². The Morgan fingerprint density at radius 1 is 1.12 bits per heavy atom. The van der Waals surface area contributed by atoms with E-state index >= 15 is 0 Å². The van der Waals surface area contributed by atoms with E-state index in [0.29, 0.717) is 35.0 Å². The molecule has 0 radical (unpaired) electrons. The number of rotatable bonds is 7. The third-order valence-corrected chi connectivity index (χ3v) is 4.96. The van der Waals surface area contributed by atoms with Crippen molar-refractivity contribution < 1.29 is 27.8 Å². The SMILES string of the molecule is O=C(c1cccnc1)N(c1cccc(Cl)c1)c1ccc(OC(F)F)c(O[C@@H]2CCCO2)c1. The summed E-state index contributed by atoms with van der Waals surface area (Å²) in [6.45, 7) is -2.52. The van der Waals surface area contributed by atoms with Crippen molar-refractivity contribution in [2.75, 3.05) is 11.5 Å². The number of amides is 1. The van der Waals surface area contributed by atoms with Crippen LogP contribution in [0.15, 0.2) is 67.0 Å². The first-order valence-corrected chi connectivity index (χ1v) is 10.3. The molecule has 2 heterocycles. The molecule has 6 nitrogen and oxygen atoms in total. The van der Waals surface area contributed by atoms with Crippen LogP contribution < -0.4 is 14.4 Å². The molecule has 1 fully saturated rings. The van der Waals surface area contributed by atoms with Gasteiger partial charge in [-0.25, -0.2) is 0 Å². The Balaban J connectivity index is 1.78. The highest BCUT2D eigenvalue weighted by Crippen LogP contribution is 2.38. The molecule has 1 amide bonds. The van der Waals surface area contributed by atoms with Crippen molar-refractivity contribution in [2.45, 2.75) is 25.7 Å². The van der Waals surface area contributed by atoms with E-state index < -0.39 is 12.9 Å². The highest BCUT2D eigenvalue weighted by atomic mass is 35.5. The van der Waals surface area contributed by atoms with Crippen molar-refractivity contribution in [1.29, 1.82) is 0 Å². The summed E-state index contributed by atoms with van der Waals surface area (Å²) in [5, 5.41) is 0.431. The minimum absolute atomic E-state index is 0.0423. The lowest BCUT2D eigenvalue weighted by Crippen LogP contribution is -2.26. The van der Waals surface area contributed by atoms with Gasteiger partial charge in [0.05, 0.1) is 23.5 Å². The summed E-state index contributed by atoms with van der Waals surface area (Å²) < 4.78 is 41.7. The lowest BCUT2D eigenvalue weighted by atomic mass is 10.1. The lowest BCUT2D eigenvalue weighted by Gasteiger charge is -2.25. The highest BCUT2D eigenvalue weighted by Gasteiger charge is 2.25. The average Bonchev–Trinajstić information content (AvgIpc) is 3.29. The predicted molar refractivity (Wildman–Crippen MR) is 115 cm³/mol. The zero-order valence-corrected chi connectivity index (χ0v) is 17.5. The molecule has 0 saturated carbocycles. The van der Waals surface area contributed by atoms with E-state index in [1.807, 2.05) is 0 Å². The Morgan fingerprint density at radius 2 is 1.97 bits per heavy atom. The minimum atomic E-state index is -3.03. The number of benzene rings is 2. The largest absolute Gasteiger partial charge is 0.461 e. The molecule has 32 heavy (non-hydrogen) atoms. The van der Waals surface area contributed by atoms with Gasteiger partial charge >= 0.3 is 6.61 Å². The van der Waals surface area contributed by atoms with E-state index in [-0.39, 0.29) is 17.4 Å². The van der Waals surface area contributed by atoms with Crippen LogP contribution in [-0.2, 0) is 4.74 Å². The summed E-state index contributed by atoms with van der Waals surface area (Å²) in [5.41, 5.74) is 1.19. The quantitative estimate of drug-likeness (QED) is 0.444. The van der Waals surface area contributed by atoms with E-state index in [0.717, 1.165) is 6.42 Å². The number of ether oxygens (including phenoxy) is 3. The average molecular weight is 461 g/mol. The van der Waals surface area contributed by atoms with E-state index in [1.165, 1.54) is 29.3 Å². The Kier molecular flexibility index (Phi) is 6.82.